The smallest absolute Gasteiger partial charge is 0.254 e. The van der Waals surface area contributed by atoms with Crippen LogP contribution in [0.2, 0.25) is 0 Å². The molecule has 1 aliphatic rings. The standard InChI is InChI=1S/C14H20N2O2/c1-9-5-6-16(8-12(9)15)14(18)11-4-3-10(2)13(17)7-11/h3-4,7,9,12,17H,5-6,8,15H2,1-2H3. The third-order valence-corrected chi connectivity index (χ3v) is 3.76. The molecule has 1 heterocycles. The molecular weight excluding hydrogens is 228 g/mol. The third-order valence-electron chi connectivity index (χ3n) is 3.76. The van der Waals surface area contributed by atoms with Gasteiger partial charge in [-0.25, -0.2) is 0 Å². The van der Waals surface area contributed by atoms with Crippen molar-refractivity contribution in [2.75, 3.05) is 13.1 Å². The van der Waals surface area contributed by atoms with E-state index in [1.807, 2.05) is 6.92 Å². The molecule has 98 valence electrons. The quantitative estimate of drug-likeness (QED) is 0.791. The summed E-state index contributed by atoms with van der Waals surface area (Å²) in [7, 11) is 0. The van der Waals surface area contributed by atoms with E-state index >= 15 is 0 Å². The molecule has 4 nitrogen and oxygen atoms in total. The molecule has 4 heteroatoms. The molecule has 1 aromatic carbocycles. The Balaban J connectivity index is 2.14. The lowest BCUT2D eigenvalue weighted by Crippen LogP contribution is -2.49. The van der Waals surface area contributed by atoms with Crippen LogP contribution in [0, 0.1) is 12.8 Å². The Morgan fingerprint density at radius 3 is 2.83 bits per heavy atom. The molecule has 1 saturated heterocycles. The number of benzene rings is 1. The predicted octanol–water partition coefficient (Wildman–Crippen LogP) is 1.51. The normalized spacial score (nSPS) is 24.1. The van der Waals surface area contributed by atoms with Crippen molar-refractivity contribution in [1.82, 2.24) is 4.90 Å². The maximum atomic E-state index is 12.3. The Kier molecular flexibility index (Phi) is 3.57. The van der Waals surface area contributed by atoms with Crippen LogP contribution in [0.25, 0.3) is 0 Å². The van der Waals surface area contributed by atoms with E-state index in [2.05, 4.69) is 6.92 Å². The van der Waals surface area contributed by atoms with Crippen molar-refractivity contribution in [3.63, 3.8) is 0 Å². The van der Waals surface area contributed by atoms with Gasteiger partial charge in [0, 0.05) is 24.7 Å². The predicted molar refractivity (Wildman–Crippen MR) is 70.5 cm³/mol. The number of amides is 1. The van der Waals surface area contributed by atoms with E-state index in [9.17, 15) is 9.90 Å². The van der Waals surface area contributed by atoms with E-state index in [4.69, 9.17) is 5.73 Å². The van der Waals surface area contributed by atoms with E-state index in [1.54, 1.807) is 17.0 Å². The van der Waals surface area contributed by atoms with Gasteiger partial charge in [0.05, 0.1) is 0 Å². The van der Waals surface area contributed by atoms with Crippen LogP contribution in [0.3, 0.4) is 0 Å². The van der Waals surface area contributed by atoms with E-state index in [1.165, 1.54) is 6.07 Å². The number of phenolic OH excluding ortho intramolecular Hbond substituents is 1. The van der Waals surface area contributed by atoms with Crippen LogP contribution in [0.4, 0.5) is 0 Å². The molecule has 18 heavy (non-hydrogen) atoms. The van der Waals surface area contributed by atoms with E-state index in [-0.39, 0.29) is 17.7 Å². The number of nitrogens with zero attached hydrogens (tertiary/aromatic N) is 1. The molecule has 1 fully saturated rings. The van der Waals surface area contributed by atoms with E-state index in [0.717, 1.165) is 18.5 Å². The second-order valence-corrected chi connectivity index (χ2v) is 5.18. The summed E-state index contributed by atoms with van der Waals surface area (Å²) < 4.78 is 0. The zero-order chi connectivity index (χ0) is 13.3. The summed E-state index contributed by atoms with van der Waals surface area (Å²) in [4.78, 5) is 14.0. The first-order valence-electron chi connectivity index (χ1n) is 6.33. The topological polar surface area (TPSA) is 66.6 Å². The van der Waals surface area contributed by atoms with Crippen molar-refractivity contribution in [2.45, 2.75) is 26.3 Å². The maximum Gasteiger partial charge on any atom is 0.254 e. The lowest BCUT2D eigenvalue weighted by molar-refractivity contribution is 0.0672. The van der Waals surface area contributed by atoms with Gasteiger partial charge in [0.1, 0.15) is 5.75 Å². The third kappa shape index (κ3) is 2.48. The first-order valence-corrected chi connectivity index (χ1v) is 6.33. The average Bonchev–Trinajstić information content (AvgIpc) is 2.35. The Morgan fingerprint density at radius 2 is 2.22 bits per heavy atom. The average molecular weight is 248 g/mol. The molecule has 0 aromatic heterocycles. The van der Waals surface area contributed by atoms with Gasteiger partial charge in [0.25, 0.3) is 5.91 Å². The SMILES string of the molecule is Cc1ccc(C(=O)N2CCC(C)C(N)C2)cc1O. The minimum absolute atomic E-state index is 0.0433. The molecule has 0 saturated carbocycles. The van der Waals surface area contributed by atoms with Crippen LogP contribution in [0.15, 0.2) is 18.2 Å². The highest BCUT2D eigenvalue weighted by Gasteiger charge is 2.27. The van der Waals surface area contributed by atoms with Crippen LogP contribution in [0.5, 0.6) is 5.75 Å². The summed E-state index contributed by atoms with van der Waals surface area (Å²) in [5.74, 6) is 0.573. The molecule has 1 aliphatic heterocycles. The molecule has 0 spiro atoms. The summed E-state index contributed by atoms with van der Waals surface area (Å²) in [5.41, 5.74) is 7.30. The first-order chi connectivity index (χ1) is 8.49. The van der Waals surface area contributed by atoms with Gasteiger partial charge < -0.3 is 15.7 Å². The number of hydrogen-bond donors (Lipinski definition) is 2. The van der Waals surface area contributed by atoms with Crippen LogP contribution in [0.1, 0.15) is 29.3 Å². The largest absolute Gasteiger partial charge is 0.508 e. The van der Waals surface area contributed by atoms with Crippen molar-refractivity contribution in [1.29, 1.82) is 0 Å². The monoisotopic (exact) mass is 248 g/mol. The number of hydrogen-bond acceptors (Lipinski definition) is 3. The van der Waals surface area contributed by atoms with Crippen molar-refractivity contribution in [3.05, 3.63) is 29.3 Å². The number of rotatable bonds is 1. The van der Waals surface area contributed by atoms with Crippen LogP contribution in [-0.4, -0.2) is 35.0 Å². The number of phenols is 1. The molecule has 2 atom stereocenters. The molecular formula is C14H20N2O2. The van der Waals surface area contributed by atoms with E-state index < -0.39 is 0 Å². The van der Waals surface area contributed by atoms with Crippen molar-refractivity contribution >= 4 is 5.91 Å². The summed E-state index contributed by atoms with van der Waals surface area (Å²) in [5, 5.41) is 9.65. The Hall–Kier alpha value is -1.55. The van der Waals surface area contributed by atoms with Crippen molar-refractivity contribution in [3.8, 4) is 5.75 Å². The maximum absolute atomic E-state index is 12.3. The molecule has 2 rings (SSSR count). The summed E-state index contributed by atoms with van der Waals surface area (Å²) in [6.07, 6.45) is 0.935. The molecule has 1 aromatic rings. The Morgan fingerprint density at radius 1 is 1.50 bits per heavy atom. The minimum Gasteiger partial charge on any atom is -0.508 e. The zero-order valence-electron chi connectivity index (χ0n) is 10.9. The van der Waals surface area contributed by atoms with Gasteiger partial charge in [-0.3, -0.25) is 4.79 Å². The van der Waals surface area contributed by atoms with Gasteiger partial charge in [-0.15, -0.1) is 0 Å². The number of likely N-dealkylation sites (tertiary alicyclic amines) is 1. The summed E-state index contributed by atoms with van der Waals surface area (Å²) in [6.45, 7) is 5.25. The molecule has 0 radical (unpaired) electrons. The number of carbonyl (C=O) groups is 1. The van der Waals surface area contributed by atoms with Crippen LogP contribution < -0.4 is 5.73 Å². The highest BCUT2D eigenvalue weighted by atomic mass is 16.3. The van der Waals surface area contributed by atoms with Crippen LogP contribution >= 0.6 is 0 Å². The number of nitrogens with two attached hydrogens (primary N) is 1. The molecule has 0 bridgehead atoms. The minimum atomic E-state index is -0.0485. The summed E-state index contributed by atoms with van der Waals surface area (Å²) >= 11 is 0. The number of aromatic hydroxyl groups is 1. The molecule has 3 N–H and O–H groups in total. The Labute approximate surface area is 107 Å². The lowest BCUT2D eigenvalue weighted by atomic mass is 9.94. The fraction of sp³-hybridized carbons (Fsp3) is 0.500. The second kappa shape index (κ2) is 4.98. The number of aryl methyl sites for hydroxylation is 1. The van der Waals surface area contributed by atoms with E-state index in [0.29, 0.717) is 18.0 Å². The fourth-order valence-corrected chi connectivity index (χ4v) is 2.21. The first kappa shape index (κ1) is 12.9. The lowest BCUT2D eigenvalue weighted by Gasteiger charge is -2.35. The van der Waals surface area contributed by atoms with Gasteiger partial charge in [0.2, 0.25) is 0 Å². The highest BCUT2D eigenvalue weighted by molar-refractivity contribution is 5.94. The van der Waals surface area contributed by atoms with Crippen molar-refractivity contribution < 1.29 is 9.90 Å². The van der Waals surface area contributed by atoms with Crippen LogP contribution in [-0.2, 0) is 0 Å². The number of piperidine rings is 1. The van der Waals surface area contributed by atoms with Gasteiger partial charge in [-0.1, -0.05) is 13.0 Å². The molecule has 0 aliphatic carbocycles. The van der Waals surface area contributed by atoms with Gasteiger partial charge in [-0.2, -0.15) is 0 Å². The van der Waals surface area contributed by atoms with Gasteiger partial charge in [0.15, 0.2) is 0 Å². The summed E-state index contributed by atoms with van der Waals surface area (Å²) in [6, 6.07) is 5.08. The zero-order valence-corrected chi connectivity index (χ0v) is 10.9. The second-order valence-electron chi connectivity index (χ2n) is 5.18. The number of carbonyl (C=O) groups excluding carboxylic acids is 1. The Bertz CT molecular complexity index is 459. The van der Waals surface area contributed by atoms with Crippen molar-refractivity contribution in [2.24, 2.45) is 11.7 Å². The molecule has 1 amide bonds. The van der Waals surface area contributed by atoms with Gasteiger partial charge in [-0.05, 0) is 37.0 Å². The van der Waals surface area contributed by atoms with Gasteiger partial charge >= 0.3 is 0 Å². The molecule has 2 unspecified atom stereocenters. The highest BCUT2D eigenvalue weighted by Crippen LogP contribution is 2.21. The fourth-order valence-electron chi connectivity index (χ4n) is 2.21.